The van der Waals surface area contributed by atoms with Crippen molar-refractivity contribution in [2.75, 3.05) is 12.3 Å². The Bertz CT molecular complexity index is 616. The smallest absolute Gasteiger partial charge is 0.284 e. The lowest BCUT2D eigenvalue weighted by Gasteiger charge is -2.04. The monoisotopic (exact) mass is 351 g/mol. The number of nitro groups is 1. The highest BCUT2D eigenvalue weighted by Gasteiger charge is 2.16. The fraction of sp³-hybridized carbons (Fsp3) is 0.222. The summed E-state index contributed by atoms with van der Waals surface area (Å²) in [6.45, 7) is -0.165. The number of halogens is 1. The van der Waals surface area contributed by atoms with Crippen LogP contribution in [0.1, 0.15) is 10.4 Å². The van der Waals surface area contributed by atoms with E-state index < -0.39 is 26.6 Å². The van der Waals surface area contributed by atoms with Gasteiger partial charge in [0, 0.05) is 18.2 Å². The van der Waals surface area contributed by atoms with E-state index in [1.807, 2.05) is 0 Å². The Hall–Kier alpha value is -1.52. The lowest BCUT2D eigenvalue weighted by atomic mass is 10.2. The van der Waals surface area contributed by atoms with Crippen molar-refractivity contribution >= 4 is 37.5 Å². The molecule has 1 amide bonds. The zero-order chi connectivity index (χ0) is 14.6. The number of carbonyl (C=O) groups excluding carboxylic acids is 1. The van der Waals surface area contributed by atoms with Gasteiger partial charge in [0.25, 0.3) is 11.6 Å². The van der Waals surface area contributed by atoms with Crippen molar-refractivity contribution in [3.8, 4) is 0 Å². The number of nitrogens with two attached hydrogens (primary N) is 1. The van der Waals surface area contributed by atoms with Crippen LogP contribution >= 0.6 is 15.9 Å². The number of amides is 1. The Balaban J connectivity index is 2.78. The third-order valence-electron chi connectivity index (χ3n) is 2.08. The van der Waals surface area contributed by atoms with Gasteiger partial charge in [0.1, 0.15) is 0 Å². The lowest BCUT2D eigenvalue weighted by Crippen LogP contribution is -2.31. The van der Waals surface area contributed by atoms with Crippen LogP contribution in [0, 0.1) is 10.1 Å². The van der Waals surface area contributed by atoms with Crippen LogP contribution < -0.4 is 10.5 Å². The molecule has 19 heavy (non-hydrogen) atoms. The summed E-state index contributed by atoms with van der Waals surface area (Å²) in [6.07, 6.45) is 0. The summed E-state index contributed by atoms with van der Waals surface area (Å²) >= 11 is 2.99. The van der Waals surface area contributed by atoms with E-state index in [2.05, 4.69) is 21.2 Å². The molecule has 1 aromatic carbocycles. The van der Waals surface area contributed by atoms with Crippen LogP contribution in [0.2, 0.25) is 0 Å². The van der Waals surface area contributed by atoms with E-state index in [0.29, 0.717) is 0 Å². The van der Waals surface area contributed by atoms with Gasteiger partial charge in [-0.25, -0.2) is 13.6 Å². The predicted octanol–water partition coefficient (Wildman–Crippen LogP) is 0.376. The van der Waals surface area contributed by atoms with Gasteiger partial charge in [-0.3, -0.25) is 14.9 Å². The Morgan fingerprint density at radius 3 is 2.63 bits per heavy atom. The average molecular weight is 352 g/mol. The molecule has 3 N–H and O–H groups in total. The molecule has 0 unspecified atom stereocenters. The number of carbonyl (C=O) groups is 1. The molecule has 8 nitrogen and oxygen atoms in total. The number of hydrogen-bond acceptors (Lipinski definition) is 5. The molecular formula is C9H10BrN3O5S. The molecule has 0 aliphatic rings. The number of hydrogen-bond donors (Lipinski definition) is 2. The molecular weight excluding hydrogens is 342 g/mol. The van der Waals surface area contributed by atoms with Gasteiger partial charge in [-0.1, -0.05) is 0 Å². The van der Waals surface area contributed by atoms with Gasteiger partial charge in [-0.05, 0) is 28.1 Å². The summed E-state index contributed by atoms with van der Waals surface area (Å²) in [4.78, 5) is 21.7. The summed E-state index contributed by atoms with van der Waals surface area (Å²) in [5.41, 5.74) is -0.191. The number of benzene rings is 1. The standard InChI is InChI=1S/C9H10BrN3O5S/c10-7-2-1-6(5-8(7)13(15)16)9(14)12-3-4-19(11,17)18/h1-2,5H,3-4H2,(H,12,14)(H2,11,17,18). The van der Waals surface area contributed by atoms with E-state index in [4.69, 9.17) is 5.14 Å². The number of rotatable bonds is 5. The van der Waals surface area contributed by atoms with Crippen LogP contribution in [-0.4, -0.2) is 31.5 Å². The number of nitrogens with one attached hydrogen (secondary N) is 1. The minimum Gasteiger partial charge on any atom is -0.351 e. The van der Waals surface area contributed by atoms with Gasteiger partial charge >= 0.3 is 0 Å². The Labute approximate surface area is 117 Å². The fourth-order valence-corrected chi connectivity index (χ4v) is 1.98. The number of sulfonamides is 1. The normalized spacial score (nSPS) is 11.1. The molecule has 104 valence electrons. The molecule has 0 heterocycles. The van der Waals surface area contributed by atoms with Crippen molar-refractivity contribution in [2.24, 2.45) is 5.14 Å². The SMILES string of the molecule is NS(=O)(=O)CCNC(=O)c1ccc(Br)c([N+](=O)[O-])c1. The number of primary sulfonamides is 1. The Morgan fingerprint density at radius 1 is 1.47 bits per heavy atom. The molecule has 0 saturated carbocycles. The number of nitrogens with zero attached hydrogens (tertiary/aromatic N) is 1. The molecule has 0 spiro atoms. The third-order valence-corrected chi connectivity index (χ3v) is 3.52. The van der Waals surface area contributed by atoms with Crippen LogP contribution in [0.4, 0.5) is 5.69 Å². The second-order valence-corrected chi connectivity index (χ2v) is 6.13. The fourth-order valence-electron chi connectivity index (χ4n) is 1.20. The van der Waals surface area contributed by atoms with Gasteiger partial charge in [0.05, 0.1) is 15.1 Å². The van der Waals surface area contributed by atoms with E-state index in [1.54, 1.807) is 0 Å². The second-order valence-electron chi connectivity index (χ2n) is 3.55. The second kappa shape index (κ2) is 6.08. The molecule has 0 fully saturated rings. The molecule has 1 rings (SSSR count). The van der Waals surface area contributed by atoms with Crippen LogP contribution in [0.25, 0.3) is 0 Å². The van der Waals surface area contributed by atoms with Crippen molar-refractivity contribution in [1.29, 1.82) is 0 Å². The number of nitro benzene ring substituents is 1. The van der Waals surface area contributed by atoms with Gasteiger partial charge in [0.15, 0.2) is 0 Å². The van der Waals surface area contributed by atoms with Crippen molar-refractivity contribution in [1.82, 2.24) is 5.32 Å². The highest BCUT2D eigenvalue weighted by atomic mass is 79.9. The first-order valence-corrected chi connectivity index (χ1v) is 7.44. The first kappa shape index (κ1) is 15.5. The Morgan fingerprint density at radius 2 is 2.11 bits per heavy atom. The topological polar surface area (TPSA) is 132 Å². The zero-order valence-corrected chi connectivity index (χ0v) is 11.9. The van der Waals surface area contributed by atoms with Crippen LogP contribution in [0.5, 0.6) is 0 Å². The van der Waals surface area contributed by atoms with E-state index in [-0.39, 0.29) is 22.3 Å². The molecule has 10 heteroatoms. The molecule has 0 aromatic heterocycles. The van der Waals surface area contributed by atoms with Crippen LogP contribution in [0.15, 0.2) is 22.7 Å². The van der Waals surface area contributed by atoms with Crippen LogP contribution in [-0.2, 0) is 10.0 Å². The molecule has 0 atom stereocenters. The van der Waals surface area contributed by atoms with Crippen molar-refractivity contribution in [2.45, 2.75) is 0 Å². The molecule has 0 radical (unpaired) electrons. The van der Waals surface area contributed by atoms with Gasteiger partial charge in [0.2, 0.25) is 10.0 Å². The van der Waals surface area contributed by atoms with E-state index in [0.717, 1.165) is 6.07 Å². The molecule has 1 aromatic rings. The Kier molecular flexibility index (Phi) is 4.97. The average Bonchev–Trinajstić information content (AvgIpc) is 2.27. The lowest BCUT2D eigenvalue weighted by molar-refractivity contribution is -0.385. The molecule has 0 saturated heterocycles. The first-order valence-electron chi connectivity index (χ1n) is 4.93. The quantitative estimate of drug-likeness (QED) is 0.584. The van der Waals surface area contributed by atoms with Gasteiger partial charge < -0.3 is 5.32 Å². The summed E-state index contributed by atoms with van der Waals surface area (Å²) in [7, 11) is -3.66. The molecule has 0 aliphatic heterocycles. The van der Waals surface area contributed by atoms with Crippen molar-refractivity contribution < 1.29 is 18.1 Å². The summed E-state index contributed by atoms with van der Waals surface area (Å²) < 4.78 is 21.6. The van der Waals surface area contributed by atoms with E-state index >= 15 is 0 Å². The minimum absolute atomic E-state index is 0.0596. The maximum absolute atomic E-state index is 11.6. The zero-order valence-electron chi connectivity index (χ0n) is 9.50. The largest absolute Gasteiger partial charge is 0.351 e. The summed E-state index contributed by atoms with van der Waals surface area (Å²) in [5, 5.41) is 17.8. The highest BCUT2D eigenvalue weighted by molar-refractivity contribution is 9.10. The summed E-state index contributed by atoms with van der Waals surface area (Å²) in [6, 6.07) is 3.84. The van der Waals surface area contributed by atoms with E-state index in [9.17, 15) is 23.3 Å². The van der Waals surface area contributed by atoms with Gasteiger partial charge in [-0.2, -0.15) is 0 Å². The first-order chi connectivity index (χ1) is 8.70. The highest BCUT2D eigenvalue weighted by Crippen LogP contribution is 2.25. The third kappa shape index (κ3) is 4.93. The molecule has 0 aliphatic carbocycles. The predicted molar refractivity (Wildman–Crippen MR) is 71.1 cm³/mol. The van der Waals surface area contributed by atoms with Gasteiger partial charge in [-0.15, -0.1) is 0 Å². The van der Waals surface area contributed by atoms with Crippen molar-refractivity contribution in [3.05, 3.63) is 38.3 Å². The molecule has 0 bridgehead atoms. The van der Waals surface area contributed by atoms with E-state index in [1.165, 1.54) is 12.1 Å². The van der Waals surface area contributed by atoms with Crippen LogP contribution in [0.3, 0.4) is 0 Å². The van der Waals surface area contributed by atoms with Crippen molar-refractivity contribution in [3.63, 3.8) is 0 Å². The minimum atomic E-state index is -3.66. The summed E-state index contributed by atoms with van der Waals surface area (Å²) in [5.74, 6) is -1.02. The maximum Gasteiger partial charge on any atom is 0.284 e. The maximum atomic E-state index is 11.6.